The molecule has 0 bridgehead atoms. The Hall–Kier alpha value is -1.30. The maximum Gasteiger partial charge on any atom is 0.254 e. The van der Waals surface area contributed by atoms with Crippen LogP contribution in [-0.2, 0) is 4.84 Å². The van der Waals surface area contributed by atoms with Crippen LogP contribution in [0, 0.1) is 0 Å². The summed E-state index contributed by atoms with van der Waals surface area (Å²) in [6.07, 6.45) is 5.91. The second-order valence-corrected chi connectivity index (χ2v) is 7.29. The highest BCUT2D eigenvalue weighted by atomic mass is 79.9. The van der Waals surface area contributed by atoms with Crippen LogP contribution in [0.3, 0.4) is 0 Å². The number of rotatable bonds is 1. The number of ether oxygens (including phenoxy) is 1. The van der Waals surface area contributed by atoms with Crippen LogP contribution < -0.4 is 4.74 Å². The topological polar surface area (TPSA) is 37.1 Å². The summed E-state index contributed by atoms with van der Waals surface area (Å²) in [5, 5.41) is 2.42. The first kappa shape index (κ1) is 14.3. The summed E-state index contributed by atoms with van der Waals surface area (Å²) in [6.45, 7) is 5.89. The highest BCUT2D eigenvalue weighted by Gasteiger charge is 2.62. The maximum atomic E-state index is 6.22. The molecule has 0 N–H and O–H groups in total. The highest BCUT2D eigenvalue weighted by molar-refractivity contribution is 9.10. The van der Waals surface area contributed by atoms with Crippen molar-refractivity contribution in [1.29, 1.82) is 0 Å². The molecule has 0 aliphatic carbocycles. The Morgan fingerprint density at radius 1 is 1.32 bits per heavy atom. The quantitative estimate of drug-likeness (QED) is 0.675. The first-order valence-corrected chi connectivity index (χ1v) is 8.13. The van der Waals surface area contributed by atoms with Crippen LogP contribution in [0.5, 0.6) is 5.75 Å². The Balaban J connectivity index is 1.93. The Labute approximate surface area is 142 Å². The molecule has 1 saturated heterocycles. The van der Waals surface area contributed by atoms with Gasteiger partial charge in [0.25, 0.3) is 5.72 Å². The number of benzene rings is 1. The van der Waals surface area contributed by atoms with Gasteiger partial charge in [0.2, 0.25) is 0 Å². The van der Waals surface area contributed by atoms with Gasteiger partial charge < -0.3 is 4.74 Å². The first-order valence-electron chi connectivity index (χ1n) is 6.96. The molecule has 1 fully saturated rings. The van der Waals surface area contributed by atoms with Gasteiger partial charge >= 0.3 is 0 Å². The van der Waals surface area contributed by atoms with Crippen molar-refractivity contribution < 1.29 is 9.57 Å². The number of hydrogen-bond donors (Lipinski definition) is 0. The Morgan fingerprint density at radius 2 is 2.09 bits per heavy atom. The molecule has 4 nitrogen and oxygen atoms in total. The van der Waals surface area contributed by atoms with Gasteiger partial charge in [-0.15, -0.1) is 0 Å². The molecule has 6 heteroatoms. The van der Waals surface area contributed by atoms with Crippen molar-refractivity contribution in [3.8, 4) is 5.75 Å². The van der Waals surface area contributed by atoms with E-state index in [1.807, 2.05) is 56.3 Å². The molecule has 1 unspecified atom stereocenters. The molecule has 0 aromatic heterocycles. The summed E-state index contributed by atoms with van der Waals surface area (Å²) in [6, 6.07) is 3.75. The lowest BCUT2D eigenvalue weighted by atomic mass is 9.91. The predicted molar refractivity (Wildman–Crippen MR) is 88.9 cm³/mol. The van der Waals surface area contributed by atoms with Gasteiger partial charge in [0, 0.05) is 22.3 Å². The molecule has 114 valence electrons. The van der Waals surface area contributed by atoms with E-state index in [9.17, 15) is 0 Å². The molecule has 0 saturated carbocycles. The molecule has 4 rings (SSSR count). The van der Waals surface area contributed by atoms with Crippen LogP contribution in [0.15, 0.2) is 45.5 Å². The summed E-state index contributed by atoms with van der Waals surface area (Å²) in [5.41, 5.74) is 1.52. The van der Waals surface area contributed by atoms with E-state index in [0.29, 0.717) is 5.02 Å². The molecule has 0 amide bonds. The van der Waals surface area contributed by atoms with Gasteiger partial charge in [0.05, 0.1) is 5.02 Å². The lowest BCUT2D eigenvalue weighted by molar-refractivity contribution is 0.114. The van der Waals surface area contributed by atoms with E-state index < -0.39 is 11.4 Å². The summed E-state index contributed by atoms with van der Waals surface area (Å²) in [4.78, 5) is 10.7. The predicted octanol–water partition coefficient (Wildman–Crippen LogP) is 4.44. The molecule has 22 heavy (non-hydrogen) atoms. The minimum atomic E-state index is -0.673. The third-order valence-electron chi connectivity index (χ3n) is 3.95. The molecule has 3 heterocycles. The summed E-state index contributed by atoms with van der Waals surface area (Å²) in [7, 11) is 0. The number of fused-ring (bicyclic) bond motifs is 2. The van der Waals surface area contributed by atoms with E-state index in [2.05, 4.69) is 15.9 Å². The average Bonchev–Trinajstić information content (AvgIpc) is 3.16. The van der Waals surface area contributed by atoms with Crippen LogP contribution in [0.2, 0.25) is 5.02 Å². The fourth-order valence-electron chi connectivity index (χ4n) is 2.89. The van der Waals surface area contributed by atoms with Crippen LogP contribution in [0.4, 0.5) is 0 Å². The molecule has 3 aliphatic heterocycles. The minimum absolute atomic E-state index is 0.609. The van der Waals surface area contributed by atoms with Crippen molar-refractivity contribution in [1.82, 2.24) is 5.06 Å². The molecular weight excluding hydrogens is 368 g/mol. The van der Waals surface area contributed by atoms with E-state index >= 15 is 0 Å². The van der Waals surface area contributed by atoms with E-state index in [1.54, 1.807) is 0 Å². The van der Waals surface area contributed by atoms with Crippen molar-refractivity contribution in [3.63, 3.8) is 0 Å². The summed E-state index contributed by atoms with van der Waals surface area (Å²) in [5.74, 6) is 0.718. The van der Waals surface area contributed by atoms with E-state index in [-0.39, 0.29) is 0 Å². The van der Waals surface area contributed by atoms with Crippen LogP contribution in [-0.4, -0.2) is 22.2 Å². The number of halogens is 2. The van der Waals surface area contributed by atoms with Crippen LogP contribution in [0.1, 0.15) is 26.3 Å². The Bertz CT molecular complexity index is 785. The Morgan fingerprint density at radius 3 is 2.82 bits per heavy atom. The second-order valence-electron chi connectivity index (χ2n) is 6.02. The number of nitrogens with zero attached hydrogens (tertiary/aromatic N) is 2. The average molecular weight is 382 g/mol. The van der Waals surface area contributed by atoms with Crippen molar-refractivity contribution in [3.05, 3.63) is 51.1 Å². The lowest BCUT2D eigenvalue weighted by Gasteiger charge is -2.32. The fourth-order valence-corrected chi connectivity index (χ4v) is 3.39. The van der Waals surface area contributed by atoms with Gasteiger partial charge in [-0.05, 0) is 54.4 Å². The van der Waals surface area contributed by atoms with Crippen LogP contribution >= 0.6 is 27.5 Å². The summed E-state index contributed by atoms with van der Waals surface area (Å²) < 4.78 is 6.78. The van der Waals surface area contributed by atoms with E-state index in [0.717, 1.165) is 27.1 Å². The normalized spacial score (nSPS) is 27.4. The molecule has 1 atom stereocenters. The number of allylic oxidation sites excluding steroid dienone is 2. The van der Waals surface area contributed by atoms with E-state index in [4.69, 9.17) is 26.2 Å². The van der Waals surface area contributed by atoms with Crippen LogP contribution in [0.25, 0.3) is 0 Å². The fraction of sp³-hybridized carbons (Fsp3) is 0.312. The zero-order valence-corrected chi connectivity index (χ0v) is 14.7. The van der Waals surface area contributed by atoms with Crippen molar-refractivity contribution in [2.75, 3.05) is 0 Å². The summed E-state index contributed by atoms with van der Waals surface area (Å²) >= 11 is 9.69. The zero-order chi connectivity index (χ0) is 15.7. The zero-order valence-electron chi connectivity index (χ0n) is 12.4. The maximum absolute atomic E-state index is 6.22. The van der Waals surface area contributed by atoms with Gasteiger partial charge in [0.1, 0.15) is 11.5 Å². The van der Waals surface area contributed by atoms with Crippen molar-refractivity contribution in [2.24, 2.45) is 4.99 Å². The van der Waals surface area contributed by atoms with Crippen molar-refractivity contribution >= 4 is 33.2 Å². The molecule has 1 aromatic rings. The molecule has 0 spiro atoms. The SMILES string of the molecule is CC1=CC=CN2OC12C1=NC(C)(C)Oc2cc(Cl)c(Br)cc21. The molecule has 1 aromatic carbocycles. The highest BCUT2D eigenvalue weighted by Crippen LogP contribution is 2.50. The monoisotopic (exact) mass is 380 g/mol. The van der Waals surface area contributed by atoms with Gasteiger partial charge in [-0.2, -0.15) is 0 Å². The number of hydroxylamine groups is 2. The molecule has 3 aliphatic rings. The number of aliphatic imine (C=N–C) groups is 1. The largest absolute Gasteiger partial charge is 0.466 e. The van der Waals surface area contributed by atoms with Gasteiger partial charge in [0.15, 0.2) is 5.72 Å². The van der Waals surface area contributed by atoms with E-state index in [1.165, 1.54) is 0 Å². The standard InChI is InChI=1S/C16H14BrClN2O2/c1-9-5-4-6-20-16(9,22-20)14-10-7-11(17)12(18)8-13(10)21-15(2,3)19-14/h4-8H,1-3H3. The minimum Gasteiger partial charge on any atom is -0.466 e. The van der Waals surface area contributed by atoms with Gasteiger partial charge in [-0.3, -0.25) is 0 Å². The first-order chi connectivity index (χ1) is 10.3. The van der Waals surface area contributed by atoms with Gasteiger partial charge in [-0.1, -0.05) is 17.7 Å². The molecular formula is C16H14BrClN2O2. The third kappa shape index (κ3) is 1.89. The van der Waals surface area contributed by atoms with Crippen molar-refractivity contribution in [2.45, 2.75) is 32.2 Å². The smallest absolute Gasteiger partial charge is 0.254 e. The lowest BCUT2D eigenvalue weighted by Crippen LogP contribution is -2.40. The third-order valence-corrected chi connectivity index (χ3v) is 5.15. The Kier molecular flexibility index (Phi) is 2.84. The second kappa shape index (κ2) is 4.37. The molecule has 0 radical (unpaired) electrons. The number of hydrogen-bond acceptors (Lipinski definition) is 4. The van der Waals surface area contributed by atoms with Gasteiger partial charge in [-0.25, -0.2) is 14.9 Å².